The van der Waals surface area contributed by atoms with Crippen LogP contribution in [0.5, 0.6) is 0 Å². The van der Waals surface area contributed by atoms with Crippen LogP contribution in [0.15, 0.2) is 126 Å². The topological polar surface area (TPSA) is 0 Å². The molecule has 6 aromatic rings. The van der Waals surface area contributed by atoms with Crippen molar-refractivity contribution in [2.24, 2.45) is 10.8 Å². The Hall–Kier alpha value is -3.52. The number of hydrogen-bond donors (Lipinski definition) is 0. The van der Waals surface area contributed by atoms with E-state index in [4.69, 9.17) is 0 Å². The standard InChI is InChI=1S/2C25H31.C12H9Si.2ClH.Zr/c2*1-16(2)20-10-8-9-11-22(20)24-21(17(3)4)13-12-18-14-19(15-23(18)24)25(5,6)7;1-3-7-11-9(5-1)10-6-2-4-8-12(10)13-11;;;/h2*8-17H,1-7H3;1-7H,13H2;2*1H;/q;;;;;+2/p-2. The first-order valence-corrected chi connectivity index (χ1v) is 36.6. The summed E-state index contributed by atoms with van der Waals surface area (Å²) in [5.74, 6) is 1.38. The number of fused-ring (bicyclic) bond motifs is 5. The molecular weight excluding hydrogens is 935 g/mol. The van der Waals surface area contributed by atoms with Gasteiger partial charge in [0.1, 0.15) is 0 Å². The van der Waals surface area contributed by atoms with Gasteiger partial charge in [-0.05, 0) is 0 Å². The van der Waals surface area contributed by atoms with Gasteiger partial charge in [-0.3, -0.25) is 0 Å². The molecule has 341 valence electrons. The van der Waals surface area contributed by atoms with Crippen molar-refractivity contribution in [1.29, 1.82) is 0 Å². The summed E-state index contributed by atoms with van der Waals surface area (Å²) in [4.78, 5) is 0. The Kier molecular flexibility index (Phi) is 12.1. The molecule has 1 aliphatic heterocycles. The van der Waals surface area contributed by atoms with Crippen molar-refractivity contribution in [2.75, 3.05) is 0 Å². The van der Waals surface area contributed by atoms with Gasteiger partial charge in [-0.2, -0.15) is 0 Å². The van der Waals surface area contributed by atoms with Crippen molar-refractivity contribution < 1.29 is 16.4 Å². The van der Waals surface area contributed by atoms with Crippen LogP contribution in [0, 0.1) is 10.8 Å². The molecule has 0 saturated carbocycles. The number of hydrogen-bond acceptors (Lipinski definition) is 0. The third-order valence-corrected chi connectivity index (χ3v) is 38.1. The van der Waals surface area contributed by atoms with Crippen LogP contribution in [0.3, 0.4) is 0 Å². The molecule has 9 rings (SSSR count). The van der Waals surface area contributed by atoms with Crippen molar-refractivity contribution in [3.05, 3.63) is 171 Å². The number of benzene rings is 6. The van der Waals surface area contributed by atoms with Crippen molar-refractivity contribution >= 4 is 52.3 Å². The fourth-order valence-corrected chi connectivity index (χ4v) is 40.8. The molecule has 0 amide bonds. The van der Waals surface area contributed by atoms with Crippen LogP contribution in [-0.4, -0.2) is 9.52 Å². The molecule has 2 atom stereocenters. The molecule has 0 nitrogen and oxygen atoms in total. The predicted octanol–water partition coefficient (Wildman–Crippen LogP) is 16.6. The molecule has 0 radical (unpaired) electrons. The molecular formula is C62H71Cl2SiZr. The zero-order valence-electron chi connectivity index (χ0n) is 42.1. The van der Waals surface area contributed by atoms with Gasteiger partial charge >= 0.3 is 412 Å². The Morgan fingerprint density at radius 2 is 0.833 bits per heavy atom. The molecule has 0 N–H and O–H groups in total. The molecule has 3 aliphatic rings. The van der Waals surface area contributed by atoms with E-state index in [0.29, 0.717) is 23.7 Å². The van der Waals surface area contributed by atoms with Gasteiger partial charge in [0, 0.05) is 0 Å². The predicted molar refractivity (Wildman–Crippen MR) is 291 cm³/mol. The van der Waals surface area contributed by atoms with Crippen molar-refractivity contribution in [1.82, 2.24) is 0 Å². The third kappa shape index (κ3) is 7.45. The monoisotopic (exact) mass is 1000 g/mol. The van der Waals surface area contributed by atoms with Crippen LogP contribution in [0.25, 0.3) is 45.5 Å². The average Bonchev–Trinajstić information content (AvgIpc) is 3.99. The van der Waals surface area contributed by atoms with Crippen molar-refractivity contribution in [2.45, 2.75) is 128 Å². The van der Waals surface area contributed by atoms with Crippen LogP contribution in [-0.2, 0) is 16.4 Å². The Morgan fingerprint density at radius 3 is 1.26 bits per heavy atom. The van der Waals surface area contributed by atoms with E-state index in [-0.39, 0.29) is 18.1 Å². The van der Waals surface area contributed by atoms with Gasteiger partial charge in [-0.1, -0.05) is 0 Å². The molecule has 2 unspecified atom stereocenters. The average molecular weight is 1010 g/mol. The van der Waals surface area contributed by atoms with E-state index < -0.39 is 25.9 Å². The van der Waals surface area contributed by atoms with E-state index in [2.05, 4.69) is 224 Å². The Morgan fingerprint density at radius 1 is 0.439 bits per heavy atom. The fourth-order valence-electron chi connectivity index (χ4n) is 12.5. The molecule has 0 saturated heterocycles. The maximum atomic E-state index is 9.70. The molecule has 2 aliphatic carbocycles. The van der Waals surface area contributed by atoms with Crippen LogP contribution in [0.2, 0.25) is 0 Å². The second-order valence-electron chi connectivity index (χ2n) is 23.2. The minimum absolute atomic E-state index is 0.182. The number of rotatable bonds is 9. The van der Waals surface area contributed by atoms with E-state index in [9.17, 15) is 17.0 Å². The van der Waals surface area contributed by atoms with Gasteiger partial charge in [-0.25, -0.2) is 0 Å². The van der Waals surface area contributed by atoms with E-state index >= 15 is 0 Å². The van der Waals surface area contributed by atoms with E-state index in [1.165, 1.54) is 103 Å². The van der Waals surface area contributed by atoms with Gasteiger partial charge in [0.15, 0.2) is 0 Å². The summed E-state index contributed by atoms with van der Waals surface area (Å²) in [7, 11) is 18.5. The van der Waals surface area contributed by atoms with Gasteiger partial charge in [-0.15, -0.1) is 0 Å². The van der Waals surface area contributed by atoms with Crippen LogP contribution in [0.1, 0.15) is 172 Å². The second-order valence-corrected chi connectivity index (χ2v) is 45.7. The molecule has 66 heavy (non-hydrogen) atoms. The normalized spacial score (nSPS) is 17.8. The zero-order valence-corrected chi connectivity index (χ0v) is 47.4. The van der Waals surface area contributed by atoms with Gasteiger partial charge in [0.05, 0.1) is 0 Å². The van der Waals surface area contributed by atoms with Gasteiger partial charge in [0.2, 0.25) is 0 Å². The SMILES string of the molecule is CC(C)c1ccccc1-c1c(C(C)C)ccc2c1C=C(C(C)(C)C)[CH]2[Zr]([Cl])([Cl])([c]1cccc2c1[SiH2]c1ccccc1-2)[CH]1C(C(C)(C)C)=Cc2c1ccc(C(C)C)c2-c1ccccc1C(C)C. The summed E-state index contributed by atoms with van der Waals surface area (Å²) in [5, 5.41) is 2.96. The molecule has 1 heterocycles. The van der Waals surface area contributed by atoms with Crippen LogP contribution in [0.4, 0.5) is 0 Å². The molecule has 6 aromatic carbocycles. The Bertz CT molecular complexity index is 2830. The quantitative estimate of drug-likeness (QED) is 0.126. The summed E-state index contributed by atoms with van der Waals surface area (Å²) in [6.07, 6.45) is 5.18. The zero-order chi connectivity index (χ0) is 47.4. The molecule has 0 spiro atoms. The van der Waals surface area contributed by atoms with E-state index in [1.54, 1.807) is 0 Å². The first kappa shape index (κ1) is 47.5. The first-order valence-electron chi connectivity index (χ1n) is 24.8. The first-order chi connectivity index (χ1) is 31.0. The summed E-state index contributed by atoms with van der Waals surface area (Å²) in [6.45, 7) is 33.2. The molecule has 0 fully saturated rings. The molecule has 4 heteroatoms. The maximum absolute atomic E-state index is 9.70. The van der Waals surface area contributed by atoms with Gasteiger partial charge < -0.3 is 0 Å². The second kappa shape index (κ2) is 16.9. The van der Waals surface area contributed by atoms with Crippen LogP contribution < -0.4 is 13.6 Å². The Balaban J connectivity index is 1.46. The van der Waals surface area contributed by atoms with Crippen molar-refractivity contribution in [3.63, 3.8) is 0 Å². The fraction of sp³-hybridized carbons (Fsp3) is 0.355. The van der Waals surface area contributed by atoms with E-state index in [1.807, 2.05) is 0 Å². The molecule has 0 bridgehead atoms. The van der Waals surface area contributed by atoms with E-state index in [0.717, 1.165) is 0 Å². The summed E-state index contributed by atoms with van der Waals surface area (Å²) < 4.78 is 0.923. The number of allylic oxidation sites excluding steroid dienone is 2. The summed E-state index contributed by atoms with van der Waals surface area (Å²) in [5.41, 5.74) is 21.2. The Labute approximate surface area is 408 Å². The van der Waals surface area contributed by atoms with Crippen molar-refractivity contribution in [3.8, 4) is 33.4 Å². The molecule has 0 aromatic heterocycles. The number of halogens is 2. The van der Waals surface area contributed by atoms with Crippen LogP contribution >= 0.6 is 17.0 Å². The minimum atomic E-state index is -5.91. The third-order valence-electron chi connectivity index (χ3n) is 15.6. The van der Waals surface area contributed by atoms with Gasteiger partial charge in [0.25, 0.3) is 0 Å². The summed E-state index contributed by atoms with van der Waals surface area (Å²) in [6, 6.07) is 44.3. The summed E-state index contributed by atoms with van der Waals surface area (Å²) >= 11 is -5.91.